The lowest BCUT2D eigenvalue weighted by Crippen LogP contribution is -2.41. The van der Waals surface area contributed by atoms with Gasteiger partial charge in [-0.3, -0.25) is 4.79 Å². The van der Waals surface area contributed by atoms with E-state index in [4.69, 9.17) is 0 Å². The van der Waals surface area contributed by atoms with Crippen molar-refractivity contribution in [2.45, 2.75) is 32.1 Å². The molecule has 1 aliphatic rings. The molecule has 0 bridgehead atoms. The van der Waals surface area contributed by atoms with Crippen molar-refractivity contribution in [3.8, 4) is 12.1 Å². The van der Waals surface area contributed by atoms with E-state index in [1.165, 1.54) is 0 Å². The van der Waals surface area contributed by atoms with E-state index >= 15 is 0 Å². The van der Waals surface area contributed by atoms with Crippen LogP contribution in [0.25, 0.3) is 6.08 Å². The van der Waals surface area contributed by atoms with Crippen LogP contribution in [0.15, 0.2) is 84.4 Å². The second-order valence-corrected chi connectivity index (χ2v) is 8.54. The third-order valence-electron chi connectivity index (χ3n) is 6.41. The zero-order valence-corrected chi connectivity index (χ0v) is 18.2. The zero-order chi connectivity index (χ0) is 22.7. The van der Waals surface area contributed by atoms with Crippen LogP contribution in [0, 0.1) is 41.9 Å². The van der Waals surface area contributed by atoms with Gasteiger partial charge in [-0.1, -0.05) is 90.0 Å². The van der Waals surface area contributed by atoms with Gasteiger partial charge in [0.2, 0.25) is 0 Å². The van der Waals surface area contributed by atoms with Gasteiger partial charge in [0.05, 0.1) is 12.1 Å². The molecule has 32 heavy (non-hydrogen) atoms. The van der Waals surface area contributed by atoms with Gasteiger partial charge in [-0.05, 0) is 36.6 Å². The average molecular weight is 417 g/mol. The SMILES string of the molecule is Cc1ccc(/C=C2/C(=O)C[C@@H](c3ccc(C)cc3)C(C#N)(C#N)[C@@H]2c2ccccc2)cc1. The Hall–Kier alpha value is -3.95. The Balaban J connectivity index is 1.94. The first-order valence-corrected chi connectivity index (χ1v) is 10.7. The minimum Gasteiger partial charge on any atom is -0.295 e. The minimum absolute atomic E-state index is 0.0221. The fourth-order valence-electron chi connectivity index (χ4n) is 4.66. The number of hydrogen-bond donors (Lipinski definition) is 0. The summed E-state index contributed by atoms with van der Waals surface area (Å²) in [5.74, 6) is -1.18. The Bertz CT molecular complexity index is 1230. The Morgan fingerprint density at radius 3 is 1.94 bits per heavy atom. The van der Waals surface area contributed by atoms with Crippen LogP contribution in [-0.2, 0) is 4.79 Å². The van der Waals surface area contributed by atoms with Crippen LogP contribution in [0.4, 0.5) is 0 Å². The molecule has 0 heterocycles. The normalized spacial score (nSPS) is 21.0. The number of rotatable bonds is 3. The molecule has 0 aliphatic heterocycles. The van der Waals surface area contributed by atoms with Crippen molar-refractivity contribution in [3.63, 3.8) is 0 Å². The summed E-state index contributed by atoms with van der Waals surface area (Å²) in [4.78, 5) is 13.5. The number of benzene rings is 3. The lowest BCUT2D eigenvalue weighted by molar-refractivity contribution is -0.118. The van der Waals surface area contributed by atoms with E-state index in [-0.39, 0.29) is 12.2 Å². The molecule has 0 amide bonds. The average Bonchev–Trinajstić information content (AvgIpc) is 2.82. The minimum atomic E-state index is -1.40. The van der Waals surface area contributed by atoms with Crippen molar-refractivity contribution in [2.75, 3.05) is 0 Å². The smallest absolute Gasteiger partial charge is 0.161 e. The van der Waals surface area contributed by atoms with Gasteiger partial charge in [0, 0.05) is 23.8 Å². The topological polar surface area (TPSA) is 64.7 Å². The first-order chi connectivity index (χ1) is 15.5. The Labute approximate surface area is 189 Å². The molecular weight excluding hydrogens is 392 g/mol. The molecule has 3 nitrogen and oxygen atoms in total. The molecular formula is C29H24N2O. The molecule has 0 unspecified atom stereocenters. The first kappa shape index (κ1) is 21.3. The second-order valence-electron chi connectivity index (χ2n) is 8.54. The number of hydrogen-bond acceptors (Lipinski definition) is 3. The standard InChI is InChI=1S/C29H24N2O/c1-20-8-12-22(13-9-20)16-25-27(32)17-26(23-14-10-21(2)11-15-23)29(18-30,19-31)28(25)24-6-4-3-5-7-24/h3-16,26,28H,17H2,1-2H3/b25-16-/t26-,28+/m0/s1. The molecule has 3 heteroatoms. The molecule has 1 fully saturated rings. The Morgan fingerprint density at radius 1 is 0.812 bits per heavy atom. The molecule has 2 atom stereocenters. The third kappa shape index (κ3) is 3.75. The molecule has 1 saturated carbocycles. The number of carbonyl (C=O) groups is 1. The van der Waals surface area contributed by atoms with Gasteiger partial charge in [-0.25, -0.2) is 0 Å². The van der Waals surface area contributed by atoms with Crippen molar-refractivity contribution < 1.29 is 4.79 Å². The van der Waals surface area contributed by atoms with E-state index in [9.17, 15) is 15.3 Å². The van der Waals surface area contributed by atoms with E-state index in [1.54, 1.807) is 0 Å². The van der Waals surface area contributed by atoms with Gasteiger partial charge in [0.25, 0.3) is 0 Å². The van der Waals surface area contributed by atoms with E-state index in [2.05, 4.69) is 12.1 Å². The molecule has 3 aromatic rings. The van der Waals surface area contributed by atoms with Gasteiger partial charge in [-0.2, -0.15) is 10.5 Å². The number of Topliss-reactive ketones (excluding diaryl/α,β-unsaturated/α-hetero) is 1. The maximum absolute atomic E-state index is 13.5. The molecule has 0 N–H and O–H groups in total. The van der Waals surface area contributed by atoms with Crippen LogP contribution in [0.2, 0.25) is 0 Å². The number of carbonyl (C=O) groups excluding carboxylic acids is 1. The fourth-order valence-corrected chi connectivity index (χ4v) is 4.66. The van der Waals surface area contributed by atoms with Gasteiger partial charge >= 0.3 is 0 Å². The van der Waals surface area contributed by atoms with Crippen LogP contribution in [0.1, 0.15) is 46.1 Å². The van der Waals surface area contributed by atoms with Crippen LogP contribution in [0.5, 0.6) is 0 Å². The van der Waals surface area contributed by atoms with E-state index in [1.807, 2.05) is 98.8 Å². The first-order valence-electron chi connectivity index (χ1n) is 10.7. The summed E-state index contributed by atoms with van der Waals surface area (Å²) in [7, 11) is 0. The van der Waals surface area contributed by atoms with Crippen LogP contribution >= 0.6 is 0 Å². The quantitative estimate of drug-likeness (QED) is 0.473. The van der Waals surface area contributed by atoms with E-state index < -0.39 is 17.3 Å². The highest BCUT2D eigenvalue weighted by atomic mass is 16.1. The highest BCUT2D eigenvalue weighted by Crippen LogP contribution is 2.55. The third-order valence-corrected chi connectivity index (χ3v) is 6.41. The molecule has 156 valence electrons. The zero-order valence-electron chi connectivity index (χ0n) is 18.2. The number of allylic oxidation sites excluding steroid dienone is 1. The summed E-state index contributed by atoms with van der Waals surface area (Å²) in [6.45, 7) is 4.00. The van der Waals surface area contributed by atoms with Crippen molar-refractivity contribution in [1.29, 1.82) is 10.5 Å². The second kappa shape index (κ2) is 8.66. The molecule has 0 saturated heterocycles. The van der Waals surface area contributed by atoms with E-state index in [0.717, 1.165) is 27.8 Å². The molecule has 4 rings (SSSR count). The summed E-state index contributed by atoms with van der Waals surface area (Å²) in [6, 6.07) is 29.9. The predicted molar refractivity (Wildman–Crippen MR) is 126 cm³/mol. The number of ketones is 1. The maximum atomic E-state index is 13.5. The highest BCUT2D eigenvalue weighted by molar-refractivity contribution is 6.03. The summed E-state index contributed by atoms with van der Waals surface area (Å²) < 4.78 is 0. The largest absolute Gasteiger partial charge is 0.295 e. The summed E-state index contributed by atoms with van der Waals surface area (Å²) >= 11 is 0. The fraction of sp³-hybridized carbons (Fsp3) is 0.207. The van der Waals surface area contributed by atoms with Gasteiger partial charge < -0.3 is 0 Å². The van der Waals surface area contributed by atoms with Crippen molar-refractivity contribution in [2.24, 2.45) is 5.41 Å². The number of nitrogens with zero attached hydrogens (tertiary/aromatic N) is 2. The summed E-state index contributed by atoms with van der Waals surface area (Å²) in [5.41, 5.74) is 3.88. The molecule has 0 aromatic heterocycles. The molecule has 0 radical (unpaired) electrons. The lowest BCUT2D eigenvalue weighted by Gasteiger charge is -2.41. The van der Waals surface area contributed by atoms with Gasteiger partial charge in [0.1, 0.15) is 0 Å². The number of aryl methyl sites for hydroxylation is 2. The summed E-state index contributed by atoms with van der Waals surface area (Å²) in [5, 5.41) is 20.9. The molecule has 0 spiro atoms. The Morgan fingerprint density at radius 2 is 1.38 bits per heavy atom. The molecule has 1 aliphatic carbocycles. The van der Waals surface area contributed by atoms with Crippen LogP contribution in [0.3, 0.4) is 0 Å². The maximum Gasteiger partial charge on any atom is 0.161 e. The lowest BCUT2D eigenvalue weighted by atomic mass is 9.55. The van der Waals surface area contributed by atoms with E-state index in [0.29, 0.717) is 5.57 Å². The highest BCUT2D eigenvalue weighted by Gasteiger charge is 2.54. The van der Waals surface area contributed by atoms with Crippen molar-refractivity contribution in [3.05, 3.63) is 112 Å². The monoisotopic (exact) mass is 416 g/mol. The van der Waals surface area contributed by atoms with Crippen molar-refractivity contribution >= 4 is 11.9 Å². The predicted octanol–water partition coefficient (Wildman–Crippen LogP) is 6.26. The molecule has 3 aromatic carbocycles. The van der Waals surface area contributed by atoms with Crippen LogP contribution in [-0.4, -0.2) is 5.78 Å². The van der Waals surface area contributed by atoms with Gasteiger partial charge in [0.15, 0.2) is 11.2 Å². The summed E-state index contributed by atoms with van der Waals surface area (Å²) in [6.07, 6.45) is 1.99. The van der Waals surface area contributed by atoms with Gasteiger partial charge in [-0.15, -0.1) is 0 Å². The van der Waals surface area contributed by atoms with Crippen molar-refractivity contribution in [1.82, 2.24) is 0 Å². The number of nitriles is 2. The Kier molecular flexibility index (Phi) is 5.76. The van der Waals surface area contributed by atoms with Crippen LogP contribution < -0.4 is 0 Å².